The first-order valence-corrected chi connectivity index (χ1v) is 8.68. The predicted molar refractivity (Wildman–Crippen MR) is 105 cm³/mol. The SMILES string of the molecule is Cc1cc(NC(=O)Nc2cccc(Cl)c2)ccc1CC(=O)c1cnoc1C. The number of nitrogens with one attached hydrogen (secondary N) is 2. The van der Waals surface area contributed by atoms with Gasteiger partial charge < -0.3 is 15.2 Å². The van der Waals surface area contributed by atoms with E-state index in [-0.39, 0.29) is 18.2 Å². The second-order valence-electron chi connectivity index (χ2n) is 6.13. The number of nitrogens with zero attached hydrogens (tertiary/aromatic N) is 1. The highest BCUT2D eigenvalue weighted by molar-refractivity contribution is 6.30. The van der Waals surface area contributed by atoms with Crippen LogP contribution in [0.25, 0.3) is 0 Å². The van der Waals surface area contributed by atoms with Gasteiger partial charge in [0, 0.05) is 22.8 Å². The number of halogens is 1. The Morgan fingerprint density at radius 3 is 2.44 bits per heavy atom. The number of ketones is 1. The van der Waals surface area contributed by atoms with Crippen LogP contribution in [0.2, 0.25) is 5.02 Å². The van der Waals surface area contributed by atoms with Gasteiger partial charge in [0.1, 0.15) is 5.76 Å². The number of amides is 2. The minimum atomic E-state index is -0.374. The van der Waals surface area contributed by atoms with E-state index in [4.69, 9.17) is 16.1 Å². The molecule has 0 spiro atoms. The Labute approximate surface area is 161 Å². The molecule has 0 aliphatic carbocycles. The lowest BCUT2D eigenvalue weighted by atomic mass is 9.99. The van der Waals surface area contributed by atoms with Crippen molar-refractivity contribution >= 4 is 34.8 Å². The van der Waals surface area contributed by atoms with Gasteiger partial charge in [0.2, 0.25) is 0 Å². The van der Waals surface area contributed by atoms with Crippen LogP contribution in [0.15, 0.2) is 53.2 Å². The zero-order valence-corrected chi connectivity index (χ0v) is 15.6. The van der Waals surface area contributed by atoms with Gasteiger partial charge in [-0.1, -0.05) is 28.9 Å². The van der Waals surface area contributed by atoms with Crippen molar-refractivity contribution in [3.8, 4) is 0 Å². The molecule has 0 unspecified atom stereocenters. The van der Waals surface area contributed by atoms with Gasteiger partial charge in [0.05, 0.1) is 11.8 Å². The number of benzene rings is 2. The predicted octanol–water partition coefficient (Wildman–Crippen LogP) is 5.01. The second-order valence-corrected chi connectivity index (χ2v) is 6.56. The van der Waals surface area contributed by atoms with Crippen molar-refractivity contribution in [2.75, 3.05) is 10.6 Å². The van der Waals surface area contributed by atoms with Gasteiger partial charge in [-0.05, 0) is 55.3 Å². The van der Waals surface area contributed by atoms with Crippen molar-refractivity contribution < 1.29 is 14.1 Å². The van der Waals surface area contributed by atoms with E-state index in [0.717, 1.165) is 11.1 Å². The van der Waals surface area contributed by atoms with Crippen LogP contribution >= 0.6 is 11.6 Å². The van der Waals surface area contributed by atoms with Crippen molar-refractivity contribution in [3.63, 3.8) is 0 Å². The molecule has 138 valence electrons. The van der Waals surface area contributed by atoms with Crippen molar-refractivity contribution in [3.05, 3.63) is 76.1 Å². The molecule has 1 aromatic heterocycles. The summed E-state index contributed by atoms with van der Waals surface area (Å²) < 4.78 is 4.94. The zero-order chi connectivity index (χ0) is 19.4. The Morgan fingerprint density at radius 2 is 1.81 bits per heavy atom. The van der Waals surface area contributed by atoms with Crippen LogP contribution in [-0.4, -0.2) is 17.0 Å². The van der Waals surface area contributed by atoms with E-state index in [1.165, 1.54) is 6.20 Å². The number of carbonyl (C=O) groups excluding carboxylic acids is 2. The maximum atomic E-state index is 12.4. The fourth-order valence-electron chi connectivity index (χ4n) is 2.67. The smallest absolute Gasteiger partial charge is 0.323 e. The van der Waals surface area contributed by atoms with Crippen LogP contribution in [0.5, 0.6) is 0 Å². The minimum Gasteiger partial charge on any atom is -0.361 e. The molecule has 0 saturated carbocycles. The number of aryl methyl sites for hydroxylation is 2. The first-order chi connectivity index (χ1) is 12.9. The Bertz CT molecular complexity index is 998. The molecule has 7 heteroatoms. The lowest BCUT2D eigenvalue weighted by Gasteiger charge is -2.11. The molecule has 0 bridgehead atoms. The molecular weight excluding hydrogens is 366 g/mol. The van der Waals surface area contributed by atoms with Crippen molar-refractivity contribution in [2.45, 2.75) is 20.3 Å². The average molecular weight is 384 g/mol. The van der Waals surface area contributed by atoms with E-state index >= 15 is 0 Å². The number of Topliss-reactive ketones (excluding diaryl/α,β-unsaturated/α-hetero) is 1. The number of hydrogen-bond acceptors (Lipinski definition) is 4. The minimum absolute atomic E-state index is 0.0590. The molecular formula is C20H18ClN3O3. The summed E-state index contributed by atoms with van der Waals surface area (Å²) in [5, 5.41) is 9.66. The highest BCUT2D eigenvalue weighted by Gasteiger charge is 2.15. The average Bonchev–Trinajstić information content (AvgIpc) is 3.03. The van der Waals surface area contributed by atoms with Gasteiger partial charge in [-0.25, -0.2) is 4.79 Å². The van der Waals surface area contributed by atoms with E-state index in [9.17, 15) is 9.59 Å². The third-order valence-corrected chi connectivity index (χ3v) is 4.32. The second kappa shape index (κ2) is 8.05. The molecule has 3 aromatic rings. The van der Waals surface area contributed by atoms with Gasteiger partial charge >= 0.3 is 6.03 Å². The van der Waals surface area contributed by atoms with Crippen LogP contribution in [0, 0.1) is 13.8 Å². The highest BCUT2D eigenvalue weighted by Crippen LogP contribution is 2.19. The fourth-order valence-corrected chi connectivity index (χ4v) is 2.86. The lowest BCUT2D eigenvalue weighted by molar-refractivity contribution is 0.0991. The third-order valence-electron chi connectivity index (χ3n) is 4.09. The molecule has 0 saturated heterocycles. The van der Waals surface area contributed by atoms with Gasteiger partial charge in [0.15, 0.2) is 5.78 Å². The summed E-state index contributed by atoms with van der Waals surface area (Å²) in [5.41, 5.74) is 3.49. The molecule has 0 radical (unpaired) electrons. The summed E-state index contributed by atoms with van der Waals surface area (Å²) in [6.45, 7) is 3.60. The first kappa shape index (κ1) is 18.7. The number of aromatic nitrogens is 1. The van der Waals surface area contributed by atoms with Crippen LogP contribution in [0.1, 0.15) is 27.2 Å². The maximum Gasteiger partial charge on any atom is 0.323 e. The van der Waals surface area contributed by atoms with E-state index in [1.807, 2.05) is 19.1 Å². The van der Waals surface area contributed by atoms with Crippen LogP contribution in [-0.2, 0) is 6.42 Å². The summed E-state index contributed by atoms with van der Waals surface area (Å²) in [4.78, 5) is 24.5. The molecule has 0 fully saturated rings. The summed E-state index contributed by atoms with van der Waals surface area (Å²) >= 11 is 5.91. The number of hydrogen-bond donors (Lipinski definition) is 2. The van der Waals surface area contributed by atoms with Crippen LogP contribution in [0.4, 0.5) is 16.2 Å². The van der Waals surface area contributed by atoms with Crippen molar-refractivity contribution in [2.24, 2.45) is 0 Å². The molecule has 3 rings (SSSR count). The van der Waals surface area contributed by atoms with Gasteiger partial charge in [-0.3, -0.25) is 4.79 Å². The fraction of sp³-hybridized carbons (Fsp3) is 0.150. The normalized spacial score (nSPS) is 10.5. The lowest BCUT2D eigenvalue weighted by Crippen LogP contribution is -2.19. The van der Waals surface area contributed by atoms with Crippen LogP contribution in [0.3, 0.4) is 0 Å². The standard InChI is InChI=1S/C20H18ClN3O3/c1-12-8-17(24-20(26)23-16-5-3-4-15(21)10-16)7-6-14(12)9-19(25)18-11-22-27-13(18)2/h3-8,10-11H,9H2,1-2H3,(H2,23,24,26). The van der Waals surface area contributed by atoms with Crippen molar-refractivity contribution in [1.82, 2.24) is 5.16 Å². The maximum absolute atomic E-state index is 12.4. The summed E-state index contributed by atoms with van der Waals surface area (Å²) in [5.74, 6) is 0.449. The van der Waals surface area contributed by atoms with E-state index in [1.54, 1.807) is 37.3 Å². The monoisotopic (exact) mass is 383 g/mol. The Kier molecular flexibility index (Phi) is 5.57. The van der Waals surface area contributed by atoms with E-state index in [2.05, 4.69) is 15.8 Å². The number of rotatable bonds is 5. The van der Waals surface area contributed by atoms with Crippen LogP contribution < -0.4 is 10.6 Å². The third kappa shape index (κ3) is 4.74. The molecule has 1 heterocycles. The first-order valence-electron chi connectivity index (χ1n) is 8.30. The quantitative estimate of drug-likeness (QED) is 0.606. The number of carbonyl (C=O) groups is 2. The molecule has 0 aliphatic heterocycles. The molecule has 27 heavy (non-hydrogen) atoms. The topological polar surface area (TPSA) is 84.2 Å². The number of anilines is 2. The number of urea groups is 1. The molecule has 2 amide bonds. The summed E-state index contributed by atoms with van der Waals surface area (Å²) in [6.07, 6.45) is 1.67. The van der Waals surface area contributed by atoms with Gasteiger partial charge in [0.25, 0.3) is 0 Å². The molecule has 2 aromatic carbocycles. The Balaban J connectivity index is 1.65. The molecule has 2 N–H and O–H groups in total. The molecule has 6 nitrogen and oxygen atoms in total. The highest BCUT2D eigenvalue weighted by atomic mass is 35.5. The molecule has 0 aliphatic rings. The van der Waals surface area contributed by atoms with Gasteiger partial charge in [-0.15, -0.1) is 0 Å². The van der Waals surface area contributed by atoms with E-state index in [0.29, 0.717) is 27.7 Å². The largest absolute Gasteiger partial charge is 0.361 e. The zero-order valence-electron chi connectivity index (χ0n) is 14.9. The van der Waals surface area contributed by atoms with E-state index < -0.39 is 0 Å². The Hall–Kier alpha value is -3.12. The Morgan fingerprint density at radius 1 is 1.07 bits per heavy atom. The van der Waals surface area contributed by atoms with Gasteiger partial charge in [-0.2, -0.15) is 0 Å². The van der Waals surface area contributed by atoms with Crippen molar-refractivity contribution in [1.29, 1.82) is 0 Å². The summed E-state index contributed by atoms with van der Waals surface area (Å²) in [7, 11) is 0. The molecule has 0 atom stereocenters. The summed E-state index contributed by atoms with van der Waals surface area (Å²) in [6, 6.07) is 11.9.